The molecule has 0 fully saturated rings. The van der Waals surface area contributed by atoms with Crippen LogP contribution in [0.5, 0.6) is 11.6 Å². The van der Waals surface area contributed by atoms with Crippen molar-refractivity contribution in [1.82, 2.24) is 4.98 Å². The number of carbonyl (C=O) groups is 1. The fourth-order valence-corrected chi connectivity index (χ4v) is 1.45. The summed E-state index contributed by atoms with van der Waals surface area (Å²) >= 11 is 0. The van der Waals surface area contributed by atoms with E-state index in [0.29, 0.717) is 17.1 Å². The number of methoxy groups -OCH3 is 1. The fraction of sp³-hybridized carbons (Fsp3) is 0.167. The summed E-state index contributed by atoms with van der Waals surface area (Å²) < 4.78 is 10.1. The molecule has 0 saturated carbocycles. The summed E-state index contributed by atoms with van der Waals surface area (Å²) in [6, 6.07) is 9.05. The molecule has 2 aromatic rings. The third-order valence-corrected chi connectivity index (χ3v) is 2.12. The van der Waals surface area contributed by atoms with E-state index in [-0.39, 0.29) is 5.97 Å². The molecule has 1 aromatic carbocycles. The van der Waals surface area contributed by atoms with Gasteiger partial charge in [0.25, 0.3) is 0 Å². The number of aromatic nitrogens is 1. The molecule has 1 aromatic heterocycles. The fourth-order valence-electron chi connectivity index (χ4n) is 1.45. The monoisotopic (exact) mass is 217 g/mol. The number of ether oxygens (including phenoxy) is 2. The summed E-state index contributed by atoms with van der Waals surface area (Å²) in [5, 5.41) is 0.902. The molecule has 1 heterocycles. The Hall–Kier alpha value is -2.10. The number of esters is 1. The van der Waals surface area contributed by atoms with E-state index in [1.165, 1.54) is 6.92 Å². The molecule has 0 radical (unpaired) electrons. The number of rotatable bonds is 2. The lowest BCUT2D eigenvalue weighted by Crippen LogP contribution is -2.02. The number of para-hydroxylation sites is 1. The molecule has 4 nitrogen and oxygen atoms in total. The van der Waals surface area contributed by atoms with E-state index in [1.54, 1.807) is 19.2 Å². The van der Waals surface area contributed by atoms with E-state index in [9.17, 15) is 4.79 Å². The molecule has 0 aliphatic heterocycles. The van der Waals surface area contributed by atoms with Crippen molar-refractivity contribution in [2.45, 2.75) is 6.92 Å². The highest BCUT2D eigenvalue weighted by atomic mass is 16.5. The average Bonchev–Trinajstić information content (AvgIpc) is 2.28. The number of benzene rings is 1. The van der Waals surface area contributed by atoms with Gasteiger partial charge in [-0.2, -0.15) is 0 Å². The SMILES string of the molecule is COc1ccc2cccc(OC(C)=O)c2n1. The van der Waals surface area contributed by atoms with Gasteiger partial charge in [0, 0.05) is 18.4 Å². The largest absolute Gasteiger partial charge is 0.481 e. The lowest BCUT2D eigenvalue weighted by atomic mass is 10.2. The van der Waals surface area contributed by atoms with Crippen molar-refractivity contribution in [1.29, 1.82) is 0 Å². The average molecular weight is 217 g/mol. The van der Waals surface area contributed by atoms with Gasteiger partial charge in [0.05, 0.1) is 7.11 Å². The molecule has 82 valence electrons. The molecule has 0 amide bonds. The summed E-state index contributed by atoms with van der Waals surface area (Å²) in [6.45, 7) is 1.36. The molecule has 0 atom stereocenters. The van der Waals surface area contributed by atoms with Crippen molar-refractivity contribution in [2.24, 2.45) is 0 Å². The van der Waals surface area contributed by atoms with Crippen LogP contribution < -0.4 is 9.47 Å². The molecule has 4 heteroatoms. The summed E-state index contributed by atoms with van der Waals surface area (Å²) in [4.78, 5) is 15.2. The van der Waals surface area contributed by atoms with Gasteiger partial charge in [-0.25, -0.2) is 4.98 Å². The van der Waals surface area contributed by atoms with Crippen molar-refractivity contribution < 1.29 is 14.3 Å². The molecule has 0 aliphatic carbocycles. The maximum absolute atomic E-state index is 10.9. The first-order chi connectivity index (χ1) is 7.70. The first-order valence-corrected chi connectivity index (χ1v) is 4.83. The molecule has 0 saturated heterocycles. The Morgan fingerprint density at radius 2 is 2.06 bits per heavy atom. The Kier molecular flexibility index (Phi) is 2.72. The first-order valence-electron chi connectivity index (χ1n) is 4.83. The van der Waals surface area contributed by atoms with Crippen LogP contribution in [0.1, 0.15) is 6.92 Å². The van der Waals surface area contributed by atoms with Crippen LogP contribution in [0.3, 0.4) is 0 Å². The van der Waals surface area contributed by atoms with Crippen LogP contribution in [0.15, 0.2) is 30.3 Å². The van der Waals surface area contributed by atoms with Crippen LogP contribution in [0.25, 0.3) is 10.9 Å². The molecular weight excluding hydrogens is 206 g/mol. The molecule has 0 spiro atoms. The zero-order valence-electron chi connectivity index (χ0n) is 9.06. The third-order valence-electron chi connectivity index (χ3n) is 2.12. The van der Waals surface area contributed by atoms with Gasteiger partial charge < -0.3 is 9.47 Å². The normalized spacial score (nSPS) is 10.1. The van der Waals surface area contributed by atoms with Gasteiger partial charge in [0.2, 0.25) is 5.88 Å². The highest BCUT2D eigenvalue weighted by Gasteiger charge is 2.06. The zero-order valence-corrected chi connectivity index (χ0v) is 9.06. The van der Waals surface area contributed by atoms with Crippen molar-refractivity contribution in [3.8, 4) is 11.6 Å². The summed E-state index contributed by atoms with van der Waals surface area (Å²) in [5.74, 6) is 0.577. The van der Waals surface area contributed by atoms with Gasteiger partial charge in [-0.05, 0) is 12.1 Å². The predicted molar refractivity (Wildman–Crippen MR) is 59.6 cm³/mol. The van der Waals surface area contributed by atoms with Crippen LogP contribution in [0.4, 0.5) is 0 Å². The smallest absolute Gasteiger partial charge is 0.308 e. The minimum absolute atomic E-state index is 0.364. The van der Waals surface area contributed by atoms with Gasteiger partial charge >= 0.3 is 5.97 Å². The van der Waals surface area contributed by atoms with Crippen molar-refractivity contribution in [3.05, 3.63) is 30.3 Å². The quantitative estimate of drug-likeness (QED) is 0.571. The van der Waals surface area contributed by atoms with Crippen molar-refractivity contribution >= 4 is 16.9 Å². The zero-order chi connectivity index (χ0) is 11.5. The molecule has 16 heavy (non-hydrogen) atoms. The standard InChI is InChI=1S/C12H11NO3/c1-8(14)16-10-5-3-4-9-6-7-11(15-2)13-12(9)10/h3-7H,1-2H3. The Morgan fingerprint density at radius 1 is 1.25 bits per heavy atom. The number of nitrogens with zero attached hydrogens (tertiary/aromatic N) is 1. The maximum atomic E-state index is 10.9. The van der Waals surface area contributed by atoms with Crippen LogP contribution in [-0.2, 0) is 4.79 Å². The first kappa shape index (κ1) is 10.4. The number of hydrogen-bond donors (Lipinski definition) is 0. The summed E-state index contributed by atoms with van der Waals surface area (Å²) in [5.41, 5.74) is 0.622. The van der Waals surface area contributed by atoms with Crippen LogP contribution >= 0.6 is 0 Å². The maximum Gasteiger partial charge on any atom is 0.308 e. The predicted octanol–water partition coefficient (Wildman–Crippen LogP) is 2.17. The van der Waals surface area contributed by atoms with Gasteiger partial charge in [-0.3, -0.25) is 4.79 Å². The minimum atomic E-state index is -0.364. The highest BCUT2D eigenvalue weighted by molar-refractivity contribution is 5.87. The molecule has 2 rings (SSSR count). The van der Waals surface area contributed by atoms with Crippen LogP contribution in [0, 0.1) is 0 Å². The number of fused-ring (bicyclic) bond motifs is 1. The molecule has 0 aliphatic rings. The van der Waals surface area contributed by atoms with Crippen molar-refractivity contribution in [3.63, 3.8) is 0 Å². The van der Waals surface area contributed by atoms with Crippen LogP contribution in [0.2, 0.25) is 0 Å². The number of pyridine rings is 1. The van der Waals surface area contributed by atoms with E-state index in [1.807, 2.05) is 18.2 Å². The summed E-state index contributed by atoms with van der Waals surface area (Å²) in [7, 11) is 1.54. The topological polar surface area (TPSA) is 48.4 Å². The number of hydrogen-bond acceptors (Lipinski definition) is 4. The second-order valence-corrected chi connectivity index (χ2v) is 3.28. The van der Waals surface area contributed by atoms with E-state index in [4.69, 9.17) is 9.47 Å². The van der Waals surface area contributed by atoms with Gasteiger partial charge in [-0.15, -0.1) is 0 Å². The lowest BCUT2D eigenvalue weighted by Gasteiger charge is -2.06. The minimum Gasteiger partial charge on any atom is -0.481 e. The highest BCUT2D eigenvalue weighted by Crippen LogP contribution is 2.25. The Balaban J connectivity index is 2.59. The molecule has 0 N–H and O–H groups in total. The third kappa shape index (κ3) is 1.95. The summed E-state index contributed by atoms with van der Waals surface area (Å²) in [6.07, 6.45) is 0. The molecule has 0 unspecified atom stereocenters. The Bertz CT molecular complexity index is 537. The van der Waals surface area contributed by atoms with E-state index >= 15 is 0 Å². The van der Waals surface area contributed by atoms with Crippen LogP contribution in [-0.4, -0.2) is 18.1 Å². The van der Waals surface area contributed by atoms with Gasteiger partial charge in [0.1, 0.15) is 5.52 Å². The second-order valence-electron chi connectivity index (χ2n) is 3.28. The molecule has 0 bridgehead atoms. The Labute approximate surface area is 92.8 Å². The lowest BCUT2D eigenvalue weighted by molar-refractivity contribution is -0.131. The van der Waals surface area contributed by atoms with E-state index in [2.05, 4.69) is 4.98 Å². The van der Waals surface area contributed by atoms with E-state index < -0.39 is 0 Å². The number of carbonyl (C=O) groups excluding carboxylic acids is 1. The second kappa shape index (κ2) is 4.18. The van der Waals surface area contributed by atoms with Gasteiger partial charge in [-0.1, -0.05) is 12.1 Å². The van der Waals surface area contributed by atoms with Crippen molar-refractivity contribution in [2.75, 3.05) is 7.11 Å². The Morgan fingerprint density at radius 3 is 2.75 bits per heavy atom. The van der Waals surface area contributed by atoms with Gasteiger partial charge in [0.15, 0.2) is 5.75 Å². The van der Waals surface area contributed by atoms with E-state index in [0.717, 1.165) is 5.39 Å². The molecular formula is C12H11NO3.